The molecule has 8 unspecified atom stereocenters. The standard InChI is InChI=1S/C50H43F2N7O10S3/c1-56(70(2,64)65)31-12-14-36-38(21-31)72(68,69)55-50(42-46(61)34(20-26-5-9-30(52)10-6-26)44-40(48(42)63)28-16-18-58(44)24-28)59(36)32-11-13-35-37(22-32)71(66,67)54-49(53-35)41-45(60)33(19-25-3-7-29(51)8-4-25)43-39(47(41)62)27-15-17-57(43)23-27/h3-18,21-22,27-28,33-34,39-40,43-44,60-61H,19-20,23-24H2,1-2H3,(H,53,54). The monoisotopic (exact) mass is 1040 g/mol. The zero-order valence-electron chi connectivity index (χ0n) is 38.2. The Morgan fingerprint density at radius 1 is 0.708 bits per heavy atom. The molecule has 6 aliphatic heterocycles. The number of ketones is 2. The van der Waals surface area contributed by atoms with Crippen LogP contribution in [0.3, 0.4) is 0 Å². The lowest BCUT2D eigenvalue weighted by atomic mass is 9.70. The minimum Gasteiger partial charge on any atom is -0.511 e. The average molecular weight is 1040 g/mol. The third kappa shape index (κ3) is 7.03. The number of fused-ring (bicyclic) bond motifs is 12. The van der Waals surface area contributed by atoms with Crippen LogP contribution < -0.4 is 14.5 Å². The quantitative estimate of drug-likeness (QED) is 0.188. The van der Waals surface area contributed by atoms with Crippen LogP contribution in [0, 0.1) is 47.1 Å². The number of carbonyl (C=O) groups is 2. The first-order chi connectivity index (χ1) is 34.2. The summed E-state index contributed by atoms with van der Waals surface area (Å²) in [6, 6.07) is 18.0. The van der Waals surface area contributed by atoms with Gasteiger partial charge in [0.2, 0.25) is 10.0 Å². The van der Waals surface area contributed by atoms with Crippen molar-refractivity contribution in [3.05, 3.63) is 155 Å². The summed E-state index contributed by atoms with van der Waals surface area (Å²) >= 11 is 0. The van der Waals surface area contributed by atoms with Gasteiger partial charge in [0.15, 0.2) is 23.2 Å². The molecule has 0 saturated carbocycles. The molecule has 0 amide bonds. The first-order valence-corrected chi connectivity index (χ1v) is 27.7. The highest BCUT2D eigenvalue weighted by Crippen LogP contribution is 2.52. The largest absolute Gasteiger partial charge is 0.511 e. The van der Waals surface area contributed by atoms with Gasteiger partial charge in [-0.1, -0.05) is 36.4 Å². The van der Waals surface area contributed by atoms with E-state index in [0.29, 0.717) is 24.2 Å². The fraction of sp³-hybridized carbons (Fsp3) is 0.280. The molecule has 4 bridgehead atoms. The summed E-state index contributed by atoms with van der Waals surface area (Å²) < 4.78 is 121. The second-order valence-corrected chi connectivity index (χ2v) is 24.5. The molecule has 370 valence electrons. The highest BCUT2D eigenvalue weighted by molar-refractivity contribution is 7.92. The number of hydrogen-bond acceptors (Lipinski definition) is 14. The Hall–Kier alpha value is -7.17. The van der Waals surface area contributed by atoms with Crippen LogP contribution >= 0.6 is 0 Å². The highest BCUT2D eigenvalue weighted by Gasteiger charge is 2.58. The van der Waals surface area contributed by atoms with Crippen molar-refractivity contribution < 1.29 is 53.8 Å². The lowest BCUT2D eigenvalue weighted by Crippen LogP contribution is -2.50. The van der Waals surface area contributed by atoms with Crippen LogP contribution in [0.4, 0.5) is 31.5 Å². The number of sulfonamides is 3. The second kappa shape index (κ2) is 15.9. The molecule has 12 rings (SSSR count). The van der Waals surface area contributed by atoms with Crippen molar-refractivity contribution in [3.63, 3.8) is 0 Å². The van der Waals surface area contributed by atoms with Crippen molar-refractivity contribution in [3.8, 4) is 0 Å². The van der Waals surface area contributed by atoms with E-state index in [1.165, 1.54) is 66.5 Å². The number of nitrogens with one attached hydrogen (secondary N) is 1. The van der Waals surface area contributed by atoms with E-state index in [4.69, 9.17) is 0 Å². The first kappa shape index (κ1) is 45.9. The van der Waals surface area contributed by atoms with Crippen molar-refractivity contribution in [2.24, 2.45) is 44.3 Å². The zero-order chi connectivity index (χ0) is 50.5. The molecular formula is C50H43F2N7O10S3. The Kier molecular flexibility index (Phi) is 10.2. The number of nitrogens with zero attached hydrogens (tertiary/aromatic N) is 6. The van der Waals surface area contributed by atoms with E-state index >= 15 is 4.79 Å². The fourth-order valence-corrected chi connectivity index (χ4v) is 14.8. The predicted molar refractivity (Wildman–Crippen MR) is 261 cm³/mol. The summed E-state index contributed by atoms with van der Waals surface area (Å²) in [7, 11) is -12.3. The Labute approximate surface area is 412 Å². The molecule has 2 aliphatic carbocycles. The lowest BCUT2D eigenvalue weighted by molar-refractivity contribution is -0.122. The average Bonchev–Trinajstić information content (AvgIpc) is 4.16. The van der Waals surface area contributed by atoms with Gasteiger partial charge in [-0.2, -0.15) is 16.8 Å². The molecule has 8 atom stereocenters. The SMILES string of the molecule is CN(c1ccc2c(c1)S(=O)(=O)N=C(C1=C(O)C(Cc3ccc(F)cc3)C3C(C1=O)C1C=CN3C1)N2c1ccc2c(c1)S(=O)(=O)N=C(C1=C(O)C(Cc3ccc(F)cc3)C3C(C1=O)C1C=CN3C1)N2)S(C)(=O)=O. The summed E-state index contributed by atoms with van der Waals surface area (Å²) in [4.78, 5) is 33.7. The molecule has 2 fully saturated rings. The molecule has 6 heterocycles. The van der Waals surface area contributed by atoms with Gasteiger partial charge in [0, 0.05) is 61.6 Å². The Balaban J connectivity index is 0.987. The van der Waals surface area contributed by atoms with E-state index in [1.54, 1.807) is 24.3 Å². The summed E-state index contributed by atoms with van der Waals surface area (Å²) in [5, 5.41) is 27.5. The number of aliphatic hydroxyl groups excluding tert-OH is 2. The first-order valence-electron chi connectivity index (χ1n) is 23.0. The van der Waals surface area contributed by atoms with Gasteiger partial charge in [-0.05, 0) is 97.0 Å². The van der Waals surface area contributed by atoms with E-state index < -0.39 is 122 Å². The van der Waals surface area contributed by atoms with Crippen molar-refractivity contribution in [2.45, 2.75) is 34.7 Å². The molecule has 0 spiro atoms. The van der Waals surface area contributed by atoms with Gasteiger partial charge in [0.1, 0.15) is 32.9 Å². The second-order valence-electron chi connectivity index (χ2n) is 19.4. The maximum Gasteiger partial charge on any atom is 0.286 e. The van der Waals surface area contributed by atoms with Crippen LogP contribution in [0.15, 0.2) is 151 Å². The smallest absolute Gasteiger partial charge is 0.286 e. The van der Waals surface area contributed by atoms with Gasteiger partial charge in [0.25, 0.3) is 20.0 Å². The molecule has 0 radical (unpaired) electrons. The van der Waals surface area contributed by atoms with Gasteiger partial charge in [-0.15, -0.1) is 8.80 Å². The lowest BCUT2D eigenvalue weighted by Gasteiger charge is -2.41. The molecular weight excluding hydrogens is 993 g/mol. The van der Waals surface area contributed by atoms with Gasteiger partial charge in [-0.3, -0.25) is 18.8 Å². The van der Waals surface area contributed by atoms with Crippen LogP contribution in [0.5, 0.6) is 0 Å². The number of Topliss-reactive ketones (excluding diaryl/α,β-unsaturated/α-hetero) is 2. The van der Waals surface area contributed by atoms with Crippen LogP contribution in [-0.2, 0) is 52.5 Å². The fourth-order valence-electron chi connectivity index (χ4n) is 12.0. The molecule has 3 N–H and O–H groups in total. The molecule has 4 aromatic carbocycles. The Morgan fingerprint density at radius 3 is 1.79 bits per heavy atom. The minimum atomic E-state index is -4.83. The van der Waals surface area contributed by atoms with Crippen LogP contribution in [-0.4, -0.2) is 107 Å². The molecule has 8 aliphatic rings. The van der Waals surface area contributed by atoms with E-state index in [9.17, 15) is 49.0 Å². The molecule has 17 nitrogen and oxygen atoms in total. The van der Waals surface area contributed by atoms with Gasteiger partial charge >= 0.3 is 0 Å². The summed E-state index contributed by atoms with van der Waals surface area (Å²) in [6.45, 7) is 0.958. The van der Waals surface area contributed by atoms with Crippen molar-refractivity contribution in [2.75, 3.05) is 40.9 Å². The summed E-state index contributed by atoms with van der Waals surface area (Å²) in [5.74, 6) is -7.42. The van der Waals surface area contributed by atoms with Gasteiger partial charge in [-0.25, -0.2) is 17.2 Å². The Bertz CT molecular complexity index is 3650. The zero-order valence-corrected chi connectivity index (χ0v) is 40.6. The Morgan fingerprint density at radius 2 is 1.24 bits per heavy atom. The summed E-state index contributed by atoms with van der Waals surface area (Å²) in [6.07, 6.45) is 8.73. The maximum absolute atomic E-state index is 15.0. The van der Waals surface area contributed by atoms with Gasteiger partial charge in [0.05, 0.1) is 46.3 Å². The molecule has 0 aromatic heterocycles. The van der Waals surface area contributed by atoms with E-state index in [0.717, 1.165) is 16.6 Å². The number of amidine groups is 2. The molecule has 4 aromatic rings. The number of anilines is 4. The number of benzene rings is 4. The molecule has 2 saturated heterocycles. The van der Waals surface area contributed by atoms with Crippen LogP contribution in [0.1, 0.15) is 11.1 Å². The van der Waals surface area contributed by atoms with Crippen LogP contribution in [0.2, 0.25) is 0 Å². The number of rotatable bonds is 9. The topological polar surface area (TPSA) is 227 Å². The third-order valence-electron chi connectivity index (χ3n) is 15.4. The maximum atomic E-state index is 15.0. The van der Waals surface area contributed by atoms with E-state index in [1.807, 2.05) is 34.4 Å². The van der Waals surface area contributed by atoms with Gasteiger partial charge < -0.3 is 25.3 Å². The number of hydrogen-bond donors (Lipinski definition) is 3. The molecule has 72 heavy (non-hydrogen) atoms. The van der Waals surface area contributed by atoms with Crippen molar-refractivity contribution in [1.82, 2.24) is 9.80 Å². The molecule has 22 heteroatoms. The number of aliphatic hydroxyl groups is 2. The normalized spacial score (nSPS) is 28.1. The number of halogens is 2. The predicted octanol–water partition coefficient (Wildman–Crippen LogP) is 5.51. The van der Waals surface area contributed by atoms with E-state index in [2.05, 4.69) is 14.1 Å². The number of carbonyl (C=O) groups excluding carboxylic acids is 2. The van der Waals surface area contributed by atoms with Crippen LogP contribution in [0.25, 0.3) is 0 Å². The van der Waals surface area contributed by atoms with Crippen molar-refractivity contribution in [1.29, 1.82) is 0 Å². The summed E-state index contributed by atoms with van der Waals surface area (Å²) in [5.41, 5.74) is 0.196. The minimum absolute atomic E-state index is 0.0574. The van der Waals surface area contributed by atoms with E-state index in [-0.39, 0.29) is 58.8 Å². The van der Waals surface area contributed by atoms with Crippen molar-refractivity contribution >= 4 is 76.1 Å². The third-order valence-corrected chi connectivity index (χ3v) is 19.2. The highest BCUT2D eigenvalue weighted by atomic mass is 32.2.